The number of hydrogen-bond donors (Lipinski definition) is 4. The molecule has 0 aliphatic carbocycles. The lowest BCUT2D eigenvalue weighted by molar-refractivity contribution is -0.135. The van der Waals surface area contributed by atoms with Gasteiger partial charge in [0, 0.05) is 23.6 Å². The normalized spacial score (nSPS) is 13.6. The number of rotatable bonds is 2. The molecule has 0 amide bonds. The van der Waals surface area contributed by atoms with Crippen LogP contribution in [0.25, 0.3) is 0 Å². The Morgan fingerprint density at radius 1 is 0.852 bits per heavy atom. The van der Waals surface area contributed by atoms with E-state index in [2.05, 4.69) is 0 Å². The van der Waals surface area contributed by atoms with Crippen LogP contribution < -0.4 is 0 Å². The molecule has 8 heteroatoms. The summed E-state index contributed by atoms with van der Waals surface area (Å²) in [5.74, 6) is -1.67. The van der Waals surface area contributed by atoms with Crippen molar-refractivity contribution >= 4 is 35.5 Å². The van der Waals surface area contributed by atoms with Gasteiger partial charge in [0.2, 0.25) is 0 Å². The topological polar surface area (TPSA) is 115 Å². The molecule has 3 rings (SSSR count). The summed E-state index contributed by atoms with van der Waals surface area (Å²) in [5.41, 5.74) is 2.09. The maximum absolute atomic E-state index is 9.91. The van der Waals surface area contributed by atoms with Gasteiger partial charge in [-0.1, -0.05) is 65.5 Å². The minimum absolute atomic E-state index is 0.766. The molecule has 1 aliphatic rings. The van der Waals surface area contributed by atoms with Crippen molar-refractivity contribution in [1.29, 1.82) is 0 Å². The molecule has 0 fully saturated rings. The van der Waals surface area contributed by atoms with Gasteiger partial charge in [-0.05, 0) is 24.6 Å². The number of carbonyl (C=O) groups is 2. The highest BCUT2D eigenvalue weighted by molar-refractivity contribution is 8.20. The van der Waals surface area contributed by atoms with Crippen LogP contribution in [0.2, 0.25) is 0 Å². The molecule has 0 bridgehead atoms. The molecule has 6 nitrogen and oxygen atoms in total. The largest absolute Gasteiger partial charge is 0.481 e. The lowest BCUT2D eigenvalue weighted by Gasteiger charge is -2.29. The van der Waals surface area contributed by atoms with E-state index in [4.69, 9.17) is 19.8 Å². The Balaban J connectivity index is 0.000000390. The number of thioether (sulfide) groups is 2. The summed E-state index contributed by atoms with van der Waals surface area (Å²) >= 11 is 3.03. The van der Waals surface area contributed by atoms with Gasteiger partial charge in [0.25, 0.3) is 11.9 Å². The van der Waals surface area contributed by atoms with Crippen LogP contribution in [-0.4, -0.2) is 38.7 Å². The maximum atomic E-state index is 9.91. The number of carboxylic acid groups (broad SMARTS) is 2. The molecule has 0 saturated carbocycles. The smallest absolute Gasteiger partial charge is 0.300 e. The third kappa shape index (κ3) is 6.91. The van der Waals surface area contributed by atoms with Gasteiger partial charge in [-0.2, -0.15) is 0 Å². The third-order valence-electron chi connectivity index (χ3n) is 3.17. The van der Waals surface area contributed by atoms with Crippen molar-refractivity contribution in [2.75, 3.05) is 0 Å². The average molecular weight is 411 g/mol. The highest BCUT2D eigenvalue weighted by Crippen LogP contribution is 2.62. The zero-order valence-electron chi connectivity index (χ0n) is 15.1. The predicted molar refractivity (Wildman–Crippen MR) is 106 cm³/mol. The first-order valence-electron chi connectivity index (χ1n) is 7.88. The van der Waals surface area contributed by atoms with E-state index in [9.17, 15) is 10.2 Å². The van der Waals surface area contributed by atoms with Gasteiger partial charge in [0.1, 0.15) is 4.08 Å². The second-order valence-corrected chi connectivity index (χ2v) is 8.43. The van der Waals surface area contributed by atoms with Gasteiger partial charge in [-0.25, -0.2) is 0 Å². The van der Waals surface area contributed by atoms with Crippen LogP contribution in [0.4, 0.5) is 0 Å². The van der Waals surface area contributed by atoms with Crippen LogP contribution in [0, 0.1) is 6.92 Å². The molecule has 0 radical (unpaired) electrons. The summed E-state index contributed by atoms with van der Waals surface area (Å²) in [4.78, 5) is 20.2. The molecule has 27 heavy (non-hydrogen) atoms. The van der Waals surface area contributed by atoms with E-state index in [1.54, 1.807) is 0 Å². The number of hydrogen-bond acceptors (Lipinski definition) is 6. The standard InChI is InChI=1S/C15H14O2S2.2C2H4O2/c1-10-6-8-11(9-7-10)15(14(16)17)18-12-4-2-3-5-13(12)19-15;2*1-2(3)4/h2-9,14,16-17H,1H3;2*1H3,(H,3,4). The first-order chi connectivity index (χ1) is 12.6. The molecule has 2 aromatic carbocycles. The molecule has 146 valence electrons. The highest BCUT2D eigenvalue weighted by Gasteiger charge is 2.46. The number of carboxylic acids is 2. The average Bonchev–Trinajstić information content (AvgIpc) is 2.95. The fourth-order valence-electron chi connectivity index (χ4n) is 2.12. The van der Waals surface area contributed by atoms with Crippen molar-refractivity contribution < 1.29 is 30.0 Å². The van der Waals surface area contributed by atoms with Gasteiger partial charge in [0.05, 0.1) is 0 Å². The Hall–Kier alpha value is -2.00. The number of aliphatic carboxylic acids is 2. The van der Waals surface area contributed by atoms with Gasteiger partial charge in [-0.15, -0.1) is 0 Å². The number of benzene rings is 2. The highest BCUT2D eigenvalue weighted by atomic mass is 32.2. The Bertz CT molecular complexity index is 729. The number of aryl methyl sites for hydroxylation is 1. The Labute approximate surface area is 166 Å². The second-order valence-electron chi connectivity index (χ2n) is 5.60. The molecule has 0 atom stereocenters. The van der Waals surface area contributed by atoms with Gasteiger partial charge in [0.15, 0.2) is 6.29 Å². The lowest BCUT2D eigenvalue weighted by atomic mass is 10.1. The molecular weight excluding hydrogens is 388 g/mol. The fourth-order valence-corrected chi connectivity index (χ4v) is 5.08. The molecule has 1 heterocycles. The quantitative estimate of drug-likeness (QED) is 0.556. The van der Waals surface area contributed by atoms with Gasteiger partial charge in [-0.3, -0.25) is 9.59 Å². The summed E-state index contributed by atoms with van der Waals surface area (Å²) in [6.45, 7) is 4.19. The number of aliphatic hydroxyl groups is 2. The minimum atomic E-state index is -1.42. The second kappa shape index (κ2) is 10.4. The van der Waals surface area contributed by atoms with Crippen LogP contribution in [0.1, 0.15) is 25.0 Å². The summed E-state index contributed by atoms with van der Waals surface area (Å²) in [6, 6.07) is 15.9. The van der Waals surface area contributed by atoms with Crippen molar-refractivity contribution in [3.63, 3.8) is 0 Å². The van der Waals surface area contributed by atoms with Crippen molar-refractivity contribution in [2.45, 2.75) is 40.9 Å². The van der Waals surface area contributed by atoms with Crippen LogP contribution in [0.15, 0.2) is 58.3 Å². The van der Waals surface area contributed by atoms with Crippen molar-refractivity contribution in [3.8, 4) is 0 Å². The lowest BCUT2D eigenvalue weighted by Crippen LogP contribution is -2.31. The zero-order chi connectivity index (χ0) is 20.6. The molecule has 0 aromatic heterocycles. The Morgan fingerprint density at radius 2 is 1.22 bits per heavy atom. The van der Waals surface area contributed by atoms with E-state index in [1.165, 1.54) is 23.5 Å². The molecule has 0 spiro atoms. The van der Waals surface area contributed by atoms with E-state index < -0.39 is 22.3 Å². The van der Waals surface area contributed by atoms with E-state index in [-0.39, 0.29) is 0 Å². The van der Waals surface area contributed by atoms with Crippen LogP contribution in [-0.2, 0) is 13.7 Å². The van der Waals surface area contributed by atoms with Crippen LogP contribution >= 0.6 is 23.5 Å². The maximum Gasteiger partial charge on any atom is 0.300 e. The number of fused-ring (bicyclic) bond motifs is 1. The van der Waals surface area contributed by atoms with Gasteiger partial charge < -0.3 is 20.4 Å². The minimum Gasteiger partial charge on any atom is -0.481 e. The van der Waals surface area contributed by atoms with E-state index >= 15 is 0 Å². The SMILES string of the molecule is CC(=O)O.CC(=O)O.Cc1ccc(C2(C(O)O)Sc3ccccc3S2)cc1. The monoisotopic (exact) mass is 410 g/mol. The zero-order valence-corrected chi connectivity index (χ0v) is 16.8. The Morgan fingerprint density at radius 3 is 1.56 bits per heavy atom. The summed E-state index contributed by atoms with van der Waals surface area (Å²) in [6.07, 6.45) is -1.42. The number of aliphatic hydroxyl groups excluding tert-OH is 1. The van der Waals surface area contributed by atoms with Crippen LogP contribution in [0.5, 0.6) is 0 Å². The molecule has 2 aromatic rings. The fraction of sp³-hybridized carbons (Fsp3) is 0.263. The predicted octanol–water partition coefficient (Wildman–Crippen LogP) is 3.54. The third-order valence-corrected chi connectivity index (χ3v) is 6.45. The van der Waals surface area contributed by atoms with E-state index in [0.29, 0.717) is 0 Å². The summed E-state index contributed by atoms with van der Waals surface area (Å²) in [5, 5.41) is 34.7. The first kappa shape index (κ1) is 23.0. The molecule has 4 N–H and O–H groups in total. The molecular formula is C19H22O6S2. The van der Waals surface area contributed by atoms with Gasteiger partial charge >= 0.3 is 0 Å². The van der Waals surface area contributed by atoms with Crippen LogP contribution in [0.3, 0.4) is 0 Å². The van der Waals surface area contributed by atoms with E-state index in [1.807, 2.05) is 55.5 Å². The molecule has 1 aliphatic heterocycles. The van der Waals surface area contributed by atoms with Crippen molar-refractivity contribution in [1.82, 2.24) is 0 Å². The summed E-state index contributed by atoms with van der Waals surface area (Å²) in [7, 11) is 0. The molecule has 0 unspecified atom stereocenters. The molecule has 0 saturated heterocycles. The van der Waals surface area contributed by atoms with E-state index in [0.717, 1.165) is 34.8 Å². The van der Waals surface area contributed by atoms with Crippen molar-refractivity contribution in [2.24, 2.45) is 0 Å². The summed E-state index contributed by atoms with van der Waals surface area (Å²) < 4.78 is -0.766. The first-order valence-corrected chi connectivity index (χ1v) is 9.51. The Kier molecular flexibility index (Phi) is 8.84. The van der Waals surface area contributed by atoms with Crippen molar-refractivity contribution in [3.05, 3.63) is 59.7 Å².